The zero-order chi connectivity index (χ0) is 11.8. The number of nitrogens with one attached hydrogen (secondary N) is 1. The fourth-order valence-electron chi connectivity index (χ4n) is 1.93. The van der Waals surface area contributed by atoms with Crippen molar-refractivity contribution in [2.45, 2.75) is 0 Å². The van der Waals surface area contributed by atoms with Gasteiger partial charge in [-0.15, -0.1) is 0 Å². The van der Waals surface area contributed by atoms with Crippen LogP contribution in [0.5, 0.6) is 0 Å². The summed E-state index contributed by atoms with van der Waals surface area (Å²) in [6, 6.07) is 13.1. The van der Waals surface area contributed by atoms with E-state index >= 15 is 0 Å². The molecule has 3 aromatic rings. The highest BCUT2D eigenvalue weighted by Crippen LogP contribution is 2.26. The number of hydrogen-bond donors (Lipinski definition) is 1. The molecule has 0 spiro atoms. The number of hydrogen-bond acceptors (Lipinski definition) is 0. The van der Waals surface area contributed by atoms with Gasteiger partial charge in [0.05, 0.1) is 0 Å². The Morgan fingerprint density at radius 3 is 2.47 bits per heavy atom. The van der Waals surface area contributed by atoms with Crippen molar-refractivity contribution in [3.8, 4) is 11.3 Å². The SMILES string of the molecule is Fc1ccc(-c2cc3ccccc3[nH]2)c(F)c1. The summed E-state index contributed by atoms with van der Waals surface area (Å²) >= 11 is 0. The first-order valence-corrected chi connectivity index (χ1v) is 5.27. The van der Waals surface area contributed by atoms with E-state index in [2.05, 4.69) is 4.98 Å². The second-order valence-corrected chi connectivity index (χ2v) is 3.89. The van der Waals surface area contributed by atoms with Crippen LogP contribution >= 0.6 is 0 Å². The summed E-state index contributed by atoms with van der Waals surface area (Å²) in [5.41, 5.74) is 1.97. The Balaban J connectivity index is 2.20. The smallest absolute Gasteiger partial charge is 0.135 e. The van der Waals surface area contributed by atoms with E-state index in [1.54, 1.807) is 0 Å². The van der Waals surface area contributed by atoms with Crippen LogP contribution in [0.2, 0.25) is 0 Å². The molecule has 0 unspecified atom stereocenters. The lowest BCUT2D eigenvalue weighted by molar-refractivity contribution is 0.585. The Kier molecular flexibility index (Phi) is 2.18. The van der Waals surface area contributed by atoms with Gasteiger partial charge in [0, 0.05) is 28.2 Å². The first kappa shape index (κ1) is 10.0. The third kappa shape index (κ3) is 1.69. The van der Waals surface area contributed by atoms with Crippen LogP contribution in [-0.2, 0) is 0 Å². The molecule has 0 aliphatic heterocycles. The topological polar surface area (TPSA) is 15.8 Å². The second-order valence-electron chi connectivity index (χ2n) is 3.89. The number of fused-ring (bicyclic) bond motifs is 1. The van der Waals surface area contributed by atoms with Crippen molar-refractivity contribution in [1.82, 2.24) is 4.98 Å². The van der Waals surface area contributed by atoms with E-state index in [0.717, 1.165) is 17.0 Å². The fraction of sp³-hybridized carbons (Fsp3) is 0. The van der Waals surface area contributed by atoms with Crippen molar-refractivity contribution in [2.24, 2.45) is 0 Å². The van der Waals surface area contributed by atoms with E-state index in [9.17, 15) is 8.78 Å². The molecular formula is C14H9F2N. The Labute approximate surface area is 96.7 Å². The number of aromatic amines is 1. The van der Waals surface area contributed by atoms with Gasteiger partial charge in [0.25, 0.3) is 0 Å². The van der Waals surface area contributed by atoms with Crippen molar-refractivity contribution in [2.75, 3.05) is 0 Å². The van der Waals surface area contributed by atoms with Crippen LogP contribution in [0, 0.1) is 11.6 Å². The summed E-state index contributed by atoms with van der Waals surface area (Å²) < 4.78 is 26.4. The predicted octanol–water partition coefficient (Wildman–Crippen LogP) is 4.11. The average molecular weight is 229 g/mol. The lowest BCUT2D eigenvalue weighted by Gasteiger charge is -1.99. The molecular weight excluding hydrogens is 220 g/mol. The van der Waals surface area contributed by atoms with Gasteiger partial charge in [0.2, 0.25) is 0 Å². The molecule has 0 aliphatic rings. The highest BCUT2D eigenvalue weighted by molar-refractivity contribution is 5.85. The number of H-pyrrole nitrogens is 1. The van der Waals surface area contributed by atoms with Crippen molar-refractivity contribution in [1.29, 1.82) is 0 Å². The molecule has 0 saturated heterocycles. The van der Waals surface area contributed by atoms with Crippen molar-refractivity contribution in [3.05, 3.63) is 60.2 Å². The predicted molar refractivity (Wildman–Crippen MR) is 63.7 cm³/mol. The van der Waals surface area contributed by atoms with E-state index in [-0.39, 0.29) is 0 Å². The van der Waals surface area contributed by atoms with Gasteiger partial charge in [-0.2, -0.15) is 0 Å². The number of halogens is 2. The lowest BCUT2D eigenvalue weighted by Crippen LogP contribution is -1.85. The van der Waals surface area contributed by atoms with Crippen molar-refractivity contribution in [3.63, 3.8) is 0 Å². The van der Waals surface area contributed by atoms with Gasteiger partial charge >= 0.3 is 0 Å². The maximum Gasteiger partial charge on any atom is 0.135 e. The number of aromatic nitrogens is 1. The third-order valence-electron chi connectivity index (χ3n) is 2.75. The van der Waals surface area contributed by atoms with Crippen molar-refractivity contribution < 1.29 is 8.78 Å². The number of benzene rings is 2. The van der Waals surface area contributed by atoms with Crippen molar-refractivity contribution >= 4 is 10.9 Å². The molecule has 0 saturated carbocycles. The maximum atomic E-state index is 13.6. The standard InChI is InChI=1S/C14H9F2N/c15-10-5-6-11(12(16)8-10)14-7-9-3-1-2-4-13(9)17-14/h1-8,17H. The van der Waals surface area contributed by atoms with Gasteiger partial charge in [-0.25, -0.2) is 8.78 Å². The average Bonchev–Trinajstić information content (AvgIpc) is 2.72. The maximum absolute atomic E-state index is 13.6. The molecule has 0 bridgehead atoms. The van der Waals surface area contributed by atoms with E-state index in [1.807, 2.05) is 30.3 Å². The van der Waals surface area contributed by atoms with Crippen LogP contribution in [0.3, 0.4) is 0 Å². The van der Waals surface area contributed by atoms with Crippen LogP contribution in [0.15, 0.2) is 48.5 Å². The third-order valence-corrected chi connectivity index (χ3v) is 2.75. The molecule has 3 rings (SSSR count). The first-order valence-electron chi connectivity index (χ1n) is 5.27. The van der Waals surface area contributed by atoms with E-state index < -0.39 is 11.6 Å². The lowest BCUT2D eigenvalue weighted by atomic mass is 10.1. The van der Waals surface area contributed by atoms with Gasteiger partial charge in [-0.05, 0) is 24.3 Å². The molecule has 0 amide bonds. The molecule has 17 heavy (non-hydrogen) atoms. The van der Waals surface area contributed by atoms with Crippen LogP contribution < -0.4 is 0 Å². The first-order chi connectivity index (χ1) is 8.24. The Bertz CT molecular complexity index is 653. The normalized spacial score (nSPS) is 10.9. The molecule has 1 heterocycles. The molecule has 1 N–H and O–H groups in total. The van der Waals surface area contributed by atoms with Crippen LogP contribution in [-0.4, -0.2) is 4.98 Å². The second kappa shape index (κ2) is 3.70. The van der Waals surface area contributed by atoms with Crippen LogP contribution in [0.1, 0.15) is 0 Å². The van der Waals surface area contributed by atoms with Gasteiger partial charge < -0.3 is 4.98 Å². The van der Waals surface area contributed by atoms with Crippen LogP contribution in [0.4, 0.5) is 8.78 Å². The summed E-state index contributed by atoms with van der Waals surface area (Å²) in [4.78, 5) is 3.11. The Morgan fingerprint density at radius 1 is 0.882 bits per heavy atom. The summed E-state index contributed by atoms with van der Waals surface area (Å²) in [7, 11) is 0. The summed E-state index contributed by atoms with van der Waals surface area (Å²) in [5.74, 6) is -1.13. The summed E-state index contributed by atoms with van der Waals surface area (Å²) in [6.45, 7) is 0. The number of rotatable bonds is 1. The van der Waals surface area contributed by atoms with Gasteiger partial charge in [-0.1, -0.05) is 18.2 Å². The highest BCUT2D eigenvalue weighted by Gasteiger charge is 2.08. The monoisotopic (exact) mass is 229 g/mol. The van der Waals surface area contributed by atoms with Gasteiger partial charge in [0.1, 0.15) is 11.6 Å². The summed E-state index contributed by atoms with van der Waals surface area (Å²) in [5, 5.41) is 1.01. The molecule has 0 fully saturated rings. The zero-order valence-electron chi connectivity index (χ0n) is 8.87. The minimum absolute atomic E-state index is 0.377. The molecule has 0 aliphatic carbocycles. The largest absolute Gasteiger partial charge is 0.354 e. The molecule has 3 heteroatoms. The molecule has 84 valence electrons. The Morgan fingerprint density at radius 2 is 1.71 bits per heavy atom. The fourth-order valence-corrected chi connectivity index (χ4v) is 1.93. The number of para-hydroxylation sites is 1. The van der Waals surface area contributed by atoms with E-state index in [0.29, 0.717) is 11.3 Å². The highest BCUT2D eigenvalue weighted by atomic mass is 19.1. The quantitative estimate of drug-likeness (QED) is 0.646. The van der Waals surface area contributed by atoms with Gasteiger partial charge in [-0.3, -0.25) is 0 Å². The van der Waals surface area contributed by atoms with Gasteiger partial charge in [0.15, 0.2) is 0 Å². The molecule has 2 aromatic carbocycles. The zero-order valence-corrected chi connectivity index (χ0v) is 8.87. The van der Waals surface area contributed by atoms with E-state index in [4.69, 9.17) is 0 Å². The minimum atomic E-state index is -0.567. The molecule has 0 atom stereocenters. The van der Waals surface area contributed by atoms with E-state index in [1.165, 1.54) is 12.1 Å². The molecule has 1 nitrogen and oxygen atoms in total. The van der Waals surface area contributed by atoms with Crippen LogP contribution in [0.25, 0.3) is 22.2 Å². The summed E-state index contributed by atoms with van der Waals surface area (Å²) in [6.07, 6.45) is 0. The molecule has 1 aromatic heterocycles. The minimum Gasteiger partial charge on any atom is -0.354 e. The Hall–Kier alpha value is -2.16. The molecule has 0 radical (unpaired) electrons.